The molecule has 0 aliphatic carbocycles. The average molecular weight is 328 g/mol. The van der Waals surface area contributed by atoms with Gasteiger partial charge in [0.25, 0.3) is 0 Å². The molecule has 2 aliphatic rings. The predicted molar refractivity (Wildman–Crippen MR) is 86.7 cm³/mol. The van der Waals surface area contributed by atoms with Crippen molar-refractivity contribution in [2.24, 2.45) is 0 Å². The molecule has 2 atom stereocenters. The largest absolute Gasteiger partial charge is 0.393 e. The summed E-state index contributed by atoms with van der Waals surface area (Å²) in [5.74, 6) is -0.387. The summed E-state index contributed by atoms with van der Waals surface area (Å²) in [5.41, 5.74) is 0.867. The Kier molecular flexibility index (Phi) is 5.18. The van der Waals surface area contributed by atoms with E-state index in [1.165, 1.54) is 6.07 Å². The third-order valence-corrected chi connectivity index (χ3v) is 4.90. The monoisotopic (exact) mass is 327 g/mol. The number of anilines is 1. The molecule has 2 aliphatic heterocycles. The lowest BCUT2D eigenvalue weighted by molar-refractivity contribution is 0.0417. The van der Waals surface area contributed by atoms with Gasteiger partial charge in [-0.25, -0.2) is 4.39 Å². The van der Waals surface area contributed by atoms with E-state index in [1.54, 1.807) is 12.1 Å². The second kappa shape index (κ2) is 7.13. The van der Waals surface area contributed by atoms with Gasteiger partial charge in [0.2, 0.25) is 0 Å². The van der Waals surface area contributed by atoms with Crippen LogP contribution in [-0.4, -0.2) is 48.0 Å². The van der Waals surface area contributed by atoms with E-state index in [4.69, 9.17) is 11.6 Å². The van der Waals surface area contributed by atoms with Crippen LogP contribution in [0, 0.1) is 5.82 Å². The number of piperidine rings is 2. The standard InChI is InChI=1S/C16H23ClFN3O/c17-14-9-11(1-2-15(14)18)20-12-3-6-19-16(10-12)21-7-4-13(22)5-8-21/h1-2,9,12-13,16,19-20,22H,3-8,10H2. The molecule has 22 heavy (non-hydrogen) atoms. The second-order valence-corrected chi connectivity index (χ2v) is 6.64. The highest BCUT2D eigenvalue weighted by atomic mass is 35.5. The van der Waals surface area contributed by atoms with Crippen LogP contribution in [-0.2, 0) is 0 Å². The third-order valence-electron chi connectivity index (χ3n) is 4.61. The number of hydrogen-bond donors (Lipinski definition) is 3. The van der Waals surface area contributed by atoms with Crippen LogP contribution < -0.4 is 10.6 Å². The molecule has 4 nitrogen and oxygen atoms in total. The lowest BCUT2D eigenvalue weighted by Crippen LogP contribution is -2.55. The lowest BCUT2D eigenvalue weighted by atomic mass is 10.00. The van der Waals surface area contributed by atoms with Gasteiger partial charge in [0, 0.05) is 24.8 Å². The van der Waals surface area contributed by atoms with E-state index >= 15 is 0 Å². The maximum Gasteiger partial charge on any atom is 0.141 e. The van der Waals surface area contributed by atoms with E-state index in [2.05, 4.69) is 15.5 Å². The first-order valence-electron chi connectivity index (χ1n) is 7.99. The average Bonchev–Trinajstić information content (AvgIpc) is 2.52. The lowest BCUT2D eigenvalue weighted by Gasteiger charge is -2.41. The Morgan fingerprint density at radius 1 is 1.27 bits per heavy atom. The summed E-state index contributed by atoms with van der Waals surface area (Å²) < 4.78 is 13.2. The first-order valence-corrected chi connectivity index (χ1v) is 8.36. The van der Waals surface area contributed by atoms with E-state index in [-0.39, 0.29) is 16.9 Å². The van der Waals surface area contributed by atoms with Crippen molar-refractivity contribution in [3.05, 3.63) is 29.0 Å². The van der Waals surface area contributed by atoms with Crippen LogP contribution in [0.4, 0.5) is 10.1 Å². The van der Waals surface area contributed by atoms with Crippen LogP contribution in [0.15, 0.2) is 18.2 Å². The van der Waals surface area contributed by atoms with Gasteiger partial charge in [-0.1, -0.05) is 11.6 Å². The minimum atomic E-state index is -0.387. The topological polar surface area (TPSA) is 47.5 Å². The van der Waals surface area contributed by atoms with Gasteiger partial charge >= 0.3 is 0 Å². The molecule has 2 saturated heterocycles. The molecule has 0 amide bonds. The van der Waals surface area contributed by atoms with Crippen molar-refractivity contribution >= 4 is 17.3 Å². The van der Waals surface area contributed by atoms with E-state index in [0.717, 1.165) is 51.0 Å². The van der Waals surface area contributed by atoms with Gasteiger partial charge in [-0.2, -0.15) is 0 Å². The highest BCUT2D eigenvalue weighted by Crippen LogP contribution is 2.23. The maximum absolute atomic E-state index is 13.2. The predicted octanol–water partition coefficient (Wildman–Crippen LogP) is 2.43. The smallest absolute Gasteiger partial charge is 0.141 e. The first kappa shape index (κ1) is 16.0. The zero-order chi connectivity index (χ0) is 15.5. The van der Waals surface area contributed by atoms with Crippen LogP contribution in [0.5, 0.6) is 0 Å². The molecule has 2 unspecified atom stereocenters. The molecule has 2 heterocycles. The summed E-state index contributed by atoms with van der Waals surface area (Å²) in [6.07, 6.45) is 3.92. The van der Waals surface area contributed by atoms with Crippen molar-refractivity contribution in [2.45, 2.75) is 44.0 Å². The van der Waals surface area contributed by atoms with E-state index in [0.29, 0.717) is 12.2 Å². The Labute approximate surface area is 135 Å². The number of aliphatic hydroxyl groups is 1. The first-order chi connectivity index (χ1) is 10.6. The van der Waals surface area contributed by atoms with E-state index in [1.807, 2.05) is 0 Å². The molecule has 0 bridgehead atoms. The summed E-state index contributed by atoms with van der Waals surface area (Å²) in [6.45, 7) is 2.83. The van der Waals surface area contributed by atoms with Crippen molar-refractivity contribution < 1.29 is 9.50 Å². The van der Waals surface area contributed by atoms with Crippen LogP contribution >= 0.6 is 11.6 Å². The fourth-order valence-electron chi connectivity index (χ4n) is 3.32. The van der Waals surface area contributed by atoms with E-state index in [9.17, 15) is 9.50 Å². The van der Waals surface area contributed by atoms with Gasteiger partial charge < -0.3 is 15.7 Å². The molecule has 1 aromatic carbocycles. The molecule has 0 aromatic heterocycles. The van der Waals surface area contributed by atoms with Gasteiger partial charge in [-0.15, -0.1) is 0 Å². The molecule has 2 fully saturated rings. The molecule has 1 aromatic rings. The molecular formula is C16H23ClFN3O. The number of likely N-dealkylation sites (tertiary alicyclic amines) is 1. The molecule has 0 saturated carbocycles. The van der Waals surface area contributed by atoms with Crippen LogP contribution in [0.3, 0.4) is 0 Å². The van der Waals surface area contributed by atoms with Crippen molar-refractivity contribution in [2.75, 3.05) is 25.0 Å². The van der Waals surface area contributed by atoms with Crippen molar-refractivity contribution in [3.8, 4) is 0 Å². The number of hydrogen-bond acceptors (Lipinski definition) is 4. The Morgan fingerprint density at radius 2 is 2.05 bits per heavy atom. The van der Waals surface area contributed by atoms with E-state index < -0.39 is 0 Å². The number of aliphatic hydroxyl groups excluding tert-OH is 1. The molecule has 0 radical (unpaired) electrons. The molecule has 3 rings (SSSR count). The van der Waals surface area contributed by atoms with Gasteiger partial charge in [0.15, 0.2) is 0 Å². The quantitative estimate of drug-likeness (QED) is 0.798. The summed E-state index contributed by atoms with van der Waals surface area (Å²) in [5, 5.41) is 16.8. The normalized spacial score (nSPS) is 27.8. The summed E-state index contributed by atoms with van der Waals surface area (Å²) >= 11 is 5.84. The van der Waals surface area contributed by atoms with Gasteiger partial charge in [0.1, 0.15) is 5.82 Å². The van der Waals surface area contributed by atoms with Crippen LogP contribution in [0.1, 0.15) is 25.7 Å². The van der Waals surface area contributed by atoms with Gasteiger partial charge in [-0.3, -0.25) is 4.90 Å². The van der Waals surface area contributed by atoms with Crippen molar-refractivity contribution in [1.29, 1.82) is 0 Å². The second-order valence-electron chi connectivity index (χ2n) is 6.23. The fourth-order valence-corrected chi connectivity index (χ4v) is 3.50. The Hall–Kier alpha value is -0.880. The zero-order valence-corrected chi connectivity index (χ0v) is 13.3. The van der Waals surface area contributed by atoms with Crippen molar-refractivity contribution in [3.63, 3.8) is 0 Å². The molecule has 122 valence electrons. The molecular weight excluding hydrogens is 305 g/mol. The SMILES string of the molecule is OC1CCN(C2CC(Nc3ccc(F)c(Cl)c3)CCN2)CC1. The molecule has 3 N–H and O–H groups in total. The van der Waals surface area contributed by atoms with Crippen LogP contribution in [0.2, 0.25) is 5.02 Å². The number of nitrogens with zero attached hydrogens (tertiary/aromatic N) is 1. The summed E-state index contributed by atoms with van der Waals surface area (Å²) in [4.78, 5) is 2.41. The Balaban J connectivity index is 1.57. The number of benzene rings is 1. The highest BCUT2D eigenvalue weighted by molar-refractivity contribution is 6.31. The molecule has 6 heteroatoms. The zero-order valence-electron chi connectivity index (χ0n) is 12.6. The third kappa shape index (κ3) is 3.90. The number of halogens is 2. The Bertz CT molecular complexity index is 508. The van der Waals surface area contributed by atoms with Gasteiger partial charge in [0.05, 0.1) is 17.3 Å². The number of nitrogens with one attached hydrogen (secondary N) is 2. The maximum atomic E-state index is 13.2. The highest BCUT2D eigenvalue weighted by Gasteiger charge is 2.28. The van der Waals surface area contributed by atoms with Crippen LogP contribution in [0.25, 0.3) is 0 Å². The minimum Gasteiger partial charge on any atom is -0.393 e. The molecule has 0 spiro atoms. The van der Waals surface area contributed by atoms with Gasteiger partial charge in [-0.05, 0) is 50.4 Å². The Morgan fingerprint density at radius 3 is 2.77 bits per heavy atom. The summed E-state index contributed by atoms with van der Waals surface area (Å²) in [7, 11) is 0. The fraction of sp³-hybridized carbons (Fsp3) is 0.625. The summed E-state index contributed by atoms with van der Waals surface area (Å²) in [6, 6.07) is 5.12. The number of rotatable bonds is 3. The van der Waals surface area contributed by atoms with Crippen molar-refractivity contribution in [1.82, 2.24) is 10.2 Å². The minimum absolute atomic E-state index is 0.143.